The summed E-state index contributed by atoms with van der Waals surface area (Å²) in [6.07, 6.45) is 5.35. The van der Waals surface area contributed by atoms with Gasteiger partial charge in [-0.2, -0.15) is 0 Å². The minimum atomic E-state index is -4.15. The van der Waals surface area contributed by atoms with Crippen LogP contribution in [-0.2, 0) is 26.2 Å². The van der Waals surface area contributed by atoms with Crippen molar-refractivity contribution in [3.8, 4) is 0 Å². The molecule has 0 radical (unpaired) electrons. The number of hydrogen-bond donors (Lipinski definition) is 1. The number of nitrogens with zero attached hydrogens (tertiary/aromatic N) is 2. The van der Waals surface area contributed by atoms with Crippen molar-refractivity contribution in [1.82, 2.24) is 10.2 Å². The van der Waals surface area contributed by atoms with E-state index in [-0.39, 0.29) is 23.4 Å². The maximum atomic E-state index is 14.3. The van der Waals surface area contributed by atoms with Crippen molar-refractivity contribution in [1.29, 1.82) is 0 Å². The van der Waals surface area contributed by atoms with Crippen LogP contribution >= 0.6 is 39.1 Å². The second-order valence-corrected chi connectivity index (χ2v) is 14.4. The summed E-state index contributed by atoms with van der Waals surface area (Å²) >= 11 is 16.0. The summed E-state index contributed by atoms with van der Waals surface area (Å²) in [6.45, 7) is 3.19. The first-order valence-corrected chi connectivity index (χ1v) is 17.4. The first kappa shape index (κ1) is 33.3. The monoisotopic (exact) mass is 707 g/mol. The molecule has 1 unspecified atom stereocenters. The molecule has 1 aliphatic carbocycles. The zero-order valence-electron chi connectivity index (χ0n) is 24.2. The van der Waals surface area contributed by atoms with Gasteiger partial charge >= 0.3 is 0 Å². The molecule has 0 heterocycles. The number of anilines is 1. The highest BCUT2D eigenvalue weighted by Crippen LogP contribution is 2.28. The van der Waals surface area contributed by atoms with E-state index in [1.165, 1.54) is 17.0 Å². The molecule has 0 bridgehead atoms. The van der Waals surface area contributed by atoms with Crippen molar-refractivity contribution in [2.75, 3.05) is 10.8 Å². The summed E-state index contributed by atoms with van der Waals surface area (Å²) in [5.74, 6) is -0.792. The first-order chi connectivity index (χ1) is 20.5. The van der Waals surface area contributed by atoms with Crippen LogP contribution in [0.3, 0.4) is 0 Å². The van der Waals surface area contributed by atoms with Gasteiger partial charge in [0.1, 0.15) is 12.6 Å². The van der Waals surface area contributed by atoms with Gasteiger partial charge in [-0.25, -0.2) is 8.42 Å². The number of halogens is 3. The Morgan fingerprint density at radius 3 is 2.23 bits per heavy atom. The predicted octanol–water partition coefficient (Wildman–Crippen LogP) is 7.52. The topological polar surface area (TPSA) is 86.8 Å². The third-order valence-electron chi connectivity index (χ3n) is 7.70. The average molecular weight is 710 g/mol. The summed E-state index contributed by atoms with van der Waals surface area (Å²) in [5.41, 5.74) is 1.83. The molecule has 0 spiro atoms. The van der Waals surface area contributed by atoms with Gasteiger partial charge in [0.15, 0.2) is 0 Å². The van der Waals surface area contributed by atoms with Gasteiger partial charge in [-0.15, -0.1) is 0 Å². The molecule has 1 aliphatic rings. The van der Waals surface area contributed by atoms with E-state index >= 15 is 0 Å². The summed E-state index contributed by atoms with van der Waals surface area (Å²) in [5, 5.41) is 3.94. The molecular weight excluding hydrogens is 673 g/mol. The number of benzene rings is 3. The van der Waals surface area contributed by atoms with E-state index in [1.54, 1.807) is 54.6 Å². The molecule has 0 saturated heterocycles. The number of rotatable bonds is 11. The molecule has 1 fully saturated rings. The fourth-order valence-corrected chi connectivity index (χ4v) is 7.42. The van der Waals surface area contributed by atoms with Gasteiger partial charge in [0.25, 0.3) is 10.0 Å². The highest BCUT2D eigenvalue weighted by Gasteiger charge is 2.34. The minimum absolute atomic E-state index is 0.00415. The van der Waals surface area contributed by atoms with Gasteiger partial charge in [0.2, 0.25) is 11.8 Å². The van der Waals surface area contributed by atoms with Crippen molar-refractivity contribution in [3.05, 3.63) is 92.4 Å². The zero-order chi connectivity index (χ0) is 31.1. The van der Waals surface area contributed by atoms with Crippen LogP contribution in [0.1, 0.15) is 56.6 Å². The van der Waals surface area contributed by atoms with Gasteiger partial charge in [-0.05, 0) is 80.3 Å². The van der Waals surface area contributed by atoms with Crippen molar-refractivity contribution >= 4 is 66.7 Å². The lowest BCUT2D eigenvalue weighted by molar-refractivity contribution is -0.140. The third kappa shape index (κ3) is 8.53. The Labute approximate surface area is 272 Å². The predicted molar refractivity (Wildman–Crippen MR) is 176 cm³/mol. The number of aryl methyl sites for hydroxylation is 1. The fraction of sp³-hybridized carbons (Fsp3) is 0.375. The van der Waals surface area contributed by atoms with E-state index in [4.69, 9.17) is 23.2 Å². The molecule has 1 atom stereocenters. The Morgan fingerprint density at radius 1 is 0.977 bits per heavy atom. The Bertz CT molecular complexity index is 1530. The molecule has 4 rings (SSSR count). The third-order valence-corrected chi connectivity index (χ3v) is 10.6. The van der Waals surface area contributed by atoms with Crippen molar-refractivity contribution in [2.45, 2.75) is 75.9 Å². The summed E-state index contributed by atoms with van der Waals surface area (Å²) in [4.78, 5) is 29.4. The standard InChI is InChI=1S/C32H36BrCl2N3O4S/c1-3-30(32(40)36-26-7-5-4-6-8-26)37(20-23-11-14-25(34)19-29(23)35)31(39)21-38(27-15-12-24(33)13-16-27)43(41,42)28-17-9-22(2)10-18-28/h9-19,26,30H,3-8,20-21H2,1-2H3,(H,36,40). The van der Waals surface area contributed by atoms with Crippen LogP contribution in [-0.4, -0.2) is 43.8 Å². The zero-order valence-corrected chi connectivity index (χ0v) is 28.1. The molecule has 1 saturated carbocycles. The Balaban J connectivity index is 1.72. The largest absolute Gasteiger partial charge is 0.352 e. The number of sulfonamides is 1. The minimum Gasteiger partial charge on any atom is -0.352 e. The number of amides is 2. The second-order valence-electron chi connectivity index (χ2n) is 10.8. The van der Waals surface area contributed by atoms with Crippen LogP contribution in [0.2, 0.25) is 10.0 Å². The van der Waals surface area contributed by atoms with Crippen molar-refractivity contribution in [2.24, 2.45) is 0 Å². The molecule has 3 aromatic rings. The molecule has 230 valence electrons. The molecule has 2 amide bonds. The van der Waals surface area contributed by atoms with Crippen LogP contribution in [0.15, 0.2) is 76.1 Å². The van der Waals surface area contributed by atoms with Crippen molar-refractivity contribution < 1.29 is 18.0 Å². The molecule has 11 heteroatoms. The SMILES string of the molecule is CCC(C(=O)NC1CCCCC1)N(Cc1ccc(Cl)cc1Cl)C(=O)CN(c1ccc(Br)cc1)S(=O)(=O)c1ccc(C)cc1. The molecule has 0 aliphatic heterocycles. The van der Waals surface area contributed by atoms with E-state index < -0.39 is 28.5 Å². The van der Waals surface area contributed by atoms with Crippen LogP contribution < -0.4 is 9.62 Å². The van der Waals surface area contributed by atoms with Crippen LogP contribution in [0.5, 0.6) is 0 Å². The summed E-state index contributed by atoms with van der Waals surface area (Å²) in [7, 11) is -4.15. The first-order valence-electron chi connectivity index (χ1n) is 14.4. The number of carbonyl (C=O) groups is 2. The van der Waals surface area contributed by atoms with Crippen LogP contribution in [0.4, 0.5) is 5.69 Å². The van der Waals surface area contributed by atoms with E-state index in [1.807, 2.05) is 13.8 Å². The number of nitrogens with one attached hydrogen (secondary N) is 1. The molecule has 43 heavy (non-hydrogen) atoms. The fourth-order valence-electron chi connectivity index (χ4n) is 5.27. The maximum absolute atomic E-state index is 14.3. The van der Waals surface area contributed by atoms with Crippen LogP contribution in [0.25, 0.3) is 0 Å². The maximum Gasteiger partial charge on any atom is 0.264 e. The molecule has 3 aromatic carbocycles. The lowest BCUT2D eigenvalue weighted by Gasteiger charge is -2.34. The van der Waals surface area contributed by atoms with Gasteiger partial charge in [0, 0.05) is 27.1 Å². The van der Waals surface area contributed by atoms with E-state index in [9.17, 15) is 18.0 Å². The van der Waals surface area contributed by atoms with Gasteiger partial charge in [0.05, 0.1) is 10.6 Å². The summed E-state index contributed by atoms with van der Waals surface area (Å²) in [6, 6.07) is 17.4. The normalized spacial score (nSPS) is 14.6. The Hall–Kier alpha value is -2.59. The van der Waals surface area contributed by atoms with E-state index in [2.05, 4.69) is 21.2 Å². The van der Waals surface area contributed by atoms with Crippen molar-refractivity contribution in [3.63, 3.8) is 0 Å². The molecule has 0 aromatic heterocycles. The quantitative estimate of drug-likeness (QED) is 0.223. The highest BCUT2D eigenvalue weighted by molar-refractivity contribution is 9.10. The number of carbonyl (C=O) groups excluding carboxylic acids is 2. The highest BCUT2D eigenvalue weighted by atomic mass is 79.9. The van der Waals surface area contributed by atoms with Crippen LogP contribution in [0, 0.1) is 6.92 Å². The van der Waals surface area contributed by atoms with Gasteiger partial charge < -0.3 is 10.2 Å². The average Bonchev–Trinajstić information content (AvgIpc) is 2.98. The van der Waals surface area contributed by atoms with E-state index in [0.29, 0.717) is 27.7 Å². The van der Waals surface area contributed by atoms with Gasteiger partial charge in [-0.1, -0.05) is 89.1 Å². The Morgan fingerprint density at radius 2 is 1.63 bits per heavy atom. The number of hydrogen-bond acceptors (Lipinski definition) is 4. The lowest BCUT2D eigenvalue weighted by Crippen LogP contribution is -2.54. The molecule has 7 nitrogen and oxygen atoms in total. The smallest absolute Gasteiger partial charge is 0.264 e. The molecule has 1 N–H and O–H groups in total. The second kappa shape index (κ2) is 14.9. The van der Waals surface area contributed by atoms with E-state index in [0.717, 1.165) is 46.4 Å². The lowest BCUT2D eigenvalue weighted by atomic mass is 9.95. The van der Waals surface area contributed by atoms with Gasteiger partial charge in [-0.3, -0.25) is 13.9 Å². The Kier molecular flexibility index (Phi) is 11.6. The summed E-state index contributed by atoms with van der Waals surface area (Å²) < 4.78 is 29.9. The molecular formula is C32H36BrCl2N3O4S.